The highest BCUT2D eigenvalue weighted by atomic mass is 16.6. The first-order valence-electron chi connectivity index (χ1n) is 13.4. The molecule has 0 saturated heterocycles. The van der Waals surface area contributed by atoms with Crippen LogP contribution in [-0.2, 0) is 70.1 Å². The molecule has 0 heterocycles. The van der Waals surface area contributed by atoms with Crippen molar-refractivity contribution in [3.8, 4) is 0 Å². The molecule has 2 aromatic carbocycles. The molecule has 46 heavy (non-hydrogen) atoms. The second-order valence-corrected chi connectivity index (χ2v) is 9.00. The van der Waals surface area contributed by atoms with Crippen molar-refractivity contribution in [1.82, 2.24) is 0 Å². The number of hydrogen-bond acceptors (Lipinski definition) is 16. The average Bonchev–Trinajstić information content (AvgIpc) is 3.04. The van der Waals surface area contributed by atoms with E-state index in [1.807, 2.05) is 0 Å². The third kappa shape index (κ3) is 13.0. The van der Waals surface area contributed by atoms with Gasteiger partial charge in [-0.05, 0) is 42.3 Å². The molecule has 3 atom stereocenters. The van der Waals surface area contributed by atoms with Crippen LogP contribution in [0.3, 0.4) is 0 Å². The standard InChI is InChI=1S/C30H26N4O12/c1-20(46-30(42)26(34-19-38)15-22-4-8-24(9-5-22)32-17-36)28(40)45-13-12-43-27(39)10-11-44-29(41)25(33-18-37)14-21-2-6-23(7-3-21)31-16-35/h2-9,20,25-26H,10-15H2,1H3. The maximum Gasteiger partial charge on any atom is 0.347 e. The number of benzene rings is 2. The molecule has 0 spiro atoms. The zero-order chi connectivity index (χ0) is 33.7. The van der Waals surface area contributed by atoms with Crippen molar-refractivity contribution in [2.75, 3.05) is 19.8 Å². The van der Waals surface area contributed by atoms with Gasteiger partial charge in [0.05, 0.1) is 17.8 Å². The fourth-order valence-corrected chi connectivity index (χ4v) is 3.57. The predicted molar refractivity (Wildman–Crippen MR) is 153 cm³/mol. The molecule has 0 amide bonds. The number of ether oxygens (including phenoxy) is 4. The Bertz CT molecular complexity index is 1570. The Morgan fingerprint density at radius 2 is 1.07 bits per heavy atom. The molecule has 2 aromatic rings. The van der Waals surface area contributed by atoms with Crippen LogP contribution in [0.5, 0.6) is 0 Å². The largest absolute Gasteiger partial charge is 0.463 e. The van der Waals surface area contributed by atoms with Crippen molar-refractivity contribution in [1.29, 1.82) is 0 Å². The second-order valence-electron chi connectivity index (χ2n) is 9.00. The summed E-state index contributed by atoms with van der Waals surface area (Å²) in [6, 6.07) is 9.71. The minimum atomic E-state index is -1.39. The van der Waals surface area contributed by atoms with Crippen molar-refractivity contribution >= 4 is 59.6 Å². The Kier molecular flexibility index (Phi) is 15.6. The van der Waals surface area contributed by atoms with Gasteiger partial charge in [0.25, 0.3) is 0 Å². The smallest absolute Gasteiger partial charge is 0.347 e. The van der Waals surface area contributed by atoms with Crippen LogP contribution in [0, 0.1) is 0 Å². The molecule has 16 heteroatoms. The third-order valence-electron chi connectivity index (χ3n) is 5.81. The van der Waals surface area contributed by atoms with Gasteiger partial charge < -0.3 is 18.9 Å². The molecular formula is C30H26N4O12. The van der Waals surface area contributed by atoms with E-state index < -0.39 is 42.1 Å². The van der Waals surface area contributed by atoms with Gasteiger partial charge in [-0.2, -0.15) is 20.0 Å². The Balaban J connectivity index is 1.71. The first-order valence-corrected chi connectivity index (χ1v) is 13.4. The molecule has 0 aromatic heterocycles. The van der Waals surface area contributed by atoms with Crippen LogP contribution >= 0.6 is 0 Å². The van der Waals surface area contributed by atoms with Crippen molar-refractivity contribution < 1.29 is 57.3 Å². The SMILES string of the molecule is CC(OC(=O)C(Cc1ccc(N=C=O)cc1)N=C=O)C(=O)OCCOC(=O)CCOC(=O)C(Cc1ccc(N=C=O)cc1)N=C=O. The lowest BCUT2D eigenvalue weighted by Gasteiger charge is -2.16. The fraction of sp³-hybridized carbons (Fsp3) is 0.333. The number of isocyanates is 4. The molecule has 238 valence electrons. The number of esters is 4. The van der Waals surface area contributed by atoms with Crippen LogP contribution in [0.1, 0.15) is 24.5 Å². The maximum atomic E-state index is 12.5. The van der Waals surface area contributed by atoms with Crippen LogP contribution in [0.2, 0.25) is 0 Å². The van der Waals surface area contributed by atoms with E-state index in [4.69, 9.17) is 18.9 Å². The molecule has 0 aliphatic rings. The fourth-order valence-electron chi connectivity index (χ4n) is 3.57. The van der Waals surface area contributed by atoms with Gasteiger partial charge in [-0.3, -0.25) is 4.79 Å². The van der Waals surface area contributed by atoms with Crippen molar-refractivity contribution in [3.63, 3.8) is 0 Å². The molecule has 0 fully saturated rings. The van der Waals surface area contributed by atoms with Gasteiger partial charge in [0.15, 0.2) is 18.2 Å². The summed E-state index contributed by atoms with van der Waals surface area (Å²) in [5, 5.41) is 0. The van der Waals surface area contributed by atoms with E-state index in [1.165, 1.54) is 55.5 Å². The van der Waals surface area contributed by atoms with E-state index in [-0.39, 0.29) is 39.1 Å². The van der Waals surface area contributed by atoms with Gasteiger partial charge in [-0.1, -0.05) is 24.3 Å². The minimum absolute atomic E-state index is 0.0131. The molecule has 0 saturated carbocycles. The summed E-state index contributed by atoms with van der Waals surface area (Å²) in [6.07, 6.45) is 3.55. The summed E-state index contributed by atoms with van der Waals surface area (Å²) >= 11 is 0. The first kappa shape index (κ1) is 36.0. The average molecular weight is 635 g/mol. The molecule has 3 unspecified atom stereocenters. The number of aliphatic imine (C=N–C) groups is 4. The van der Waals surface area contributed by atoms with E-state index in [9.17, 15) is 38.4 Å². The molecule has 0 radical (unpaired) electrons. The lowest BCUT2D eigenvalue weighted by molar-refractivity contribution is -0.169. The Labute approximate surface area is 260 Å². The zero-order valence-corrected chi connectivity index (χ0v) is 24.3. The molecule has 0 aliphatic carbocycles. The lowest BCUT2D eigenvalue weighted by atomic mass is 10.1. The minimum Gasteiger partial charge on any atom is -0.463 e. The molecule has 0 N–H and O–H groups in total. The summed E-state index contributed by atoms with van der Waals surface area (Å²) in [7, 11) is 0. The highest BCUT2D eigenvalue weighted by Gasteiger charge is 2.26. The van der Waals surface area contributed by atoms with Gasteiger partial charge in [-0.15, -0.1) is 0 Å². The van der Waals surface area contributed by atoms with Crippen LogP contribution in [0.15, 0.2) is 68.5 Å². The molecule has 0 bridgehead atoms. The van der Waals surface area contributed by atoms with Gasteiger partial charge in [0, 0.05) is 12.8 Å². The van der Waals surface area contributed by atoms with E-state index in [0.29, 0.717) is 22.5 Å². The number of nitrogens with zero attached hydrogens (tertiary/aromatic N) is 4. The summed E-state index contributed by atoms with van der Waals surface area (Å²) in [4.78, 5) is 105. The van der Waals surface area contributed by atoms with Crippen molar-refractivity contribution in [2.45, 2.75) is 44.4 Å². The highest BCUT2D eigenvalue weighted by molar-refractivity contribution is 5.82. The summed E-state index contributed by atoms with van der Waals surface area (Å²) in [5.41, 5.74) is 1.83. The van der Waals surface area contributed by atoms with Gasteiger partial charge in [0.1, 0.15) is 19.8 Å². The number of carbonyl (C=O) groups is 4. The van der Waals surface area contributed by atoms with Gasteiger partial charge in [0.2, 0.25) is 24.3 Å². The van der Waals surface area contributed by atoms with Crippen LogP contribution in [0.4, 0.5) is 11.4 Å². The Morgan fingerprint density at radius 3 is 1.54 bits per heavy atom. The van der Waals surface area contributed by atoms with E-state index in [1.54, 1.807) is 24.3 Å². The summed E-state index contributed by atoms with van der Waals surface area (Å²) < 4.78 is 19.9. The van der Waals surface area contributed by atoms with Crippen LogP contribution < -0.4 is 0 Å². The molecule has 16 nitrogen and oxygen atoms in total. The molecule has 2 rings (SSSR count). The monoisotopic (exact) mass is 634 g/mol. The van der Waals surface area contributed by atoms with Crippen molar-refractivity contribution in [3.05, 3.63) is 59.7 Å². The summed E-state index contributed by atoms with van der Waals surface area (Å²) in [5.74, 6) is -3.62. The van der Waals surface area contributed by atoms with Gasteiger partial charge >= 0.3 is 23.9 Å². The number of rotatable bonds is 18. The Hall–Kier alpha value is -6.16. The molecular weight excluding hydrogens is 608 g/mol. The second kappa shape index (κ2) is 19.9. The topological polar surface area (TPSA) is 223 Å². The zero-order valence-electron chi connectivity index (χ0n) is 24.3. The van der Waals surface area contributed by atoms with E-state index in [2.05, 4.69) is 20.0 Å². The van der Waals surface area contributed by atoms with Crippen molar-refractivity contribution in [2.24, 2.45) is 20.0 Å². The van der Waals surface area contributed by atoms with E-state index in [0.717, 1.165) is 0 Å². The predicted octanol–water partition coefficient (Wildman–Crippen LogP) is 1.77. The van der Waals surface area contributed by atoms with E-state index >= 15 is 0 Å². The third-order valence-corrected chi connectivity index (χ3v) is 5.81. The Morgan fingerprint density at radius 1 is 0.609 bits per heavy atom. The maximum absolute atomic E-state index is 12.5. The van der Waals surface area contributed by atoms with Crippen LogP contribution in [0.25, 0.3) is 0 Å². The first-order chi connectivity index (χ1) is 22.2. The number of carbonyl (C=O) groups excluding carboxylic acids is 8. The van der Waals surface area contributed by atoms with Crippen LogP contribution in [-0.4, -0.2) is 86.2 Å². The molecule has 0 aliphatic heterocycles. The summed E-state index contributed by atoms with van der Waals surface area (Å²) in [6.45, 7) is 0.103. The lowest BCUT2D eigenvalue weighted by Crippen LogP contribution is -2.33. The normalized spacial score (nSPS) is 11.8. The van der Waals surface area contributed by atoms with Gasteiger partial charge in [-0.25, -0.2) is 33.6 Å². The number of hydrogen-bond donors (Lipinski definition) is 0. The quantitative estimate of drug-likeness (QED) is 0.0752. The highest BCUT2D eigenvalue weighted by Crippen LogP contribution is 2.16.